The number of amides is 1. The molecule has 0 bridgehead atoms. The number of carbonyl (C=O) groups is 1. The first-order chi connectivity index (χ1) is 18.0. The predicted octanol–water partition coefficient (Wildman–Crippen LogP) is 6.09. The summed E-state index contributed by atoms with van der Waals surface area (Å²) in [4.78, 5) is 17.2. The molecule has 0 aliphatic rings. The van der Waals surface area contributed by atoms with Gasteiger partial charge in [-0.3, -0.25) is 9.89 Å². The van der Waals surface area contributed by atoms with Crippen molar-refractivity contribution in [3.63, 3.8) is 0 Å². The zero-order chi connectivity index (χ0) is 25.8. The number of imidazole rings is 1. The highest BCUT2D eigenvalue weighted by atomic mass is 35.5. The molecule has 5 rings (SSSR count). The van der Waals surface area contributed by atoms with Crippen LogP contribution in [0, 0.1) is 0 Å². The number of H-pyrrole nitrogens is 1. The summed E-state index contributed by atoms with van der Waals surface area (Å²) in [6.45, 7) is 1.79. The van der Waals surface area contributed by atoms with Gasteiger partial charge >= 0.3 is 0 Å². The van der Waals surface area contributed by atoms with Gasteiger partial charge in [-0.25, -0.2) is 4.98 Å². The number of carbonyl (C=O) groups excluding carboxylic acids is 1. The fraction of sp³-hybridized carbons (Fsp3) is 0.148. The van der Waals surface area contributed by atoms with E-state index in [2.05, 4.69) is 25.8 Å². The van der Waals surface area contributed by atoms with Gasteiger partial charge in [0.05, 0.1) is 36.2 Å². The van der Waals surface area contributed by atoms with Crippen LogP contribution in [-0.2, 0) is 11.3 Å². The van der Waals surface area contributed by atoms with Crippen molar-refractivity contribution in [2.75, 3.05) is 30.9 Å². The lowest BCUT2D eigenvalue weighted by Crippen LogP contribution is -2.12. The van der Waals surface area contributed by atoms with Gasteiger partial charge < -0.3 is 19.9 Å². The van der Waals surface area contributed by atoms with E-state index in [0.29, 0.717) is 41.1 Å². The summed E-state index contributed by atoms with van der Waals surface area (Å²) in [5.41, 5.74) is 5.72. The van der Waals surface area contributed by atoms with Crippen LogP contribution in [0.25, 0.3) is 22.3 Å². The van der Waals surface area contributed by atoms with Gasteiger partial charge in [-0.05, 0) is 48.5 Å². The third-order valence-electron chi connectivity index (χ3n) is 5.92. The summed E-state index contributed by atoms with van der Waals surface area (Å²) in [5.74, 6) is 0.186. The highest BCUT2D eigenvalue weighted by molar-refractivity contribution is 6.36. The number of nitrogens with zero attached hydrogens (tertiary/aromatic N) is 3. The lowest BCUT2D eigenvalue weighted by atomic mass is 10.1. The Balaban J connectivity index is 1.31. The maximum atomic E-state index is 12.7. The van der Waals surface area contributed by atoms with Gasteiger partial charge in [-0.1, -0.05) is 35.3 Å². The van der Waals surface area contributed by atoms with Crippen LogP contribution in [0.15, 0.2) is 73.1 Å². The van der Waals surface area contributed by atoms with Crippen molar-refractivity contribution in [3.8, 4) is 11.3 Å². The fourth-order valence-electron chi connectivity index (χ4n) is 3.96. The van der Waals surface area contributed by atoms with E-state index in [4.69, 9.17) is 27.9 Å². The van der Waals surface area contributed by atoms with Crippen molar-refractivity contribution >= 4 is 51.6 Å². The molecule has 3 aromatic carbocycles. The highest BCUT2D eigenvalue weighted by Gasteiger charge is 2.13. The van der Waals surface area contributed by atoms with E-state index in [-0.39, 0.29) is 5.91 Å². The largest absolute Gasteiger partial charge is 0.383 e. The predicted molar refractivity (Wildman–Crippen MR) is 148 cm³/mol. The van der Waals surface area contributed by atoms with E-state index < -0.39 is 0 Å². The molecule has 0 aliphatic carbocycles. The fourth-order valence-corrected chi connectivity index (χ4v) is 4.48. The van der Waals surface area contributed by atoms with E-state index in [1.54, 1.807) is 31.6 Å². The normalized spacial score (nSPS) is 11.1. The van der Waals surface area contributed by atoms with Crippen LogP contribution >= 0.6 is 23.2 Å². The molecule has 0 saturated heterocycles. The number of aromatic amines is 1. The zero-order valence-electron chi connectivity index (χ0n) is 20.0. The van der Waals surface area contributed by atoms with E-state index in [0.717, 1.165) is 33.5 Å². The number of fused-ring (bicyclic) bond motifs is 1. The number of aromatic nitrogens is 4. The van der Waals surface area contributed by atoms with Gasteiger partial charge in [0.25, 0.3) is 5.91 Å². The molecule has 0 atom stereocenters. The molecule has 0 unspecified atom stereocenters. The first kappa shape index (κ1) is 24.8. The first-order valence-corrected chi connectivity index (χ1v) is 12.3. The average Bonchev–Trinajstić information content (AvgIpc) is 3.53. The summed E-state index contributed by atoms with van der Waals surface area (Å²) in [6.07, 6.45) is 1.77. The monoisotopic (exact) mass is 534 g/mol. The Bertz CT molecular complexity index is 1520. The molecule has 188 valence electrons. The third-order valence-corrected chi connectivity index (χ3v) is 6.63. The van der Waals surface area contributed by atoms with Gasteiger partial charge in [0.2, 0.25) is 0 Å². The maximum Gasteiger partial charge on any atom is 0.256 e. The lowest BCUT2D eigenvalue weighted by molar-refractivity contribution is 0.102. The van der Waals surface area contributed by atoms with Crippen LogP contribution in [0.5, 0.6) is 0 Å². The standard InChI is InChI=1S/C27H24Cl2N6O2/c1-37-12-11-30-19-8-5-17(6-9-19)27(36)32-26-14-24(33-34-26)18-7-10-23-25(13-18)35(16-31-23)15-20-21(28)3-2-4-22(20)29/h2-10,13-14,16,30H,11-12,15H2,1H3,(H2,32,33,34,36). The van der Waals surface area contributed by atoms with Gasteiger partial charge in [-0.2, -0.15) is 5.10 Å². The Morgan fingerprint density at radius 1 is 1.05 bits per heavy atom. The van der Waals surface area contributed by atoms with Crippen molar-refractivity contribution in [2.45, 2.75) is 6.54 Å². The number of methoxy groups -OCH3 is 1. The van der Waals surface area contributed by atoms with Crippen molar-refractivity contribution in [3.05, 3.63) is 94.2 Å². The molecular weight excluding hydrogens is 511 g/mol. The van der Waals surface area contributed by atoms with E-state index >= 15 is 0 Å². The summed E-state index contributed by atoms with van der Waals surface area (Å²) < 4.78 is 7.03. The van der Waals surface area contributed by atoms with E-state index in [9.17, 15) is 4.79 Å². The molecule has 10 heteroatoms. The number of anilines is 2. The second-order valence-electron chi connectivity index (χ2n) is 8.39. The Labute approximate surface area is 223 Å². The molecule has 0 saturated carbocycles. The number of rotatable bonds is 9. The van der Waals surface area contributed by atoms with Gasteiger partial charge in [-0.15, -0.1) is 0 Å². The molecule has 0 spiro atoms. The van der Waals surface area contributed by atoms with Crippen LogP contribution < -0.4 is 10.6 Å². The minimum atomic E-state index is -0.244. The molecule has 0 aliphatic heterocycles. The number of nitrogens with one attached hydrogen (secondary N) is 3. The Morgan fingerprint density at radius 2 is 1.84 bits per heavy atom. The SMILES string of the molecule is COCCNc1ccc(C(=O)Nc2cc(-c3ccc4ncn(Cc5c(Cl)cccc5Cl)c4c3)[nH]n2)cc1. The minimum Gasteiger partial charge on any atom is -0.383 e. The van der Waals surface area contributed by atoms with Crippen molar-refractivity contribution < 1.29 is 9.53 Å². The third kappa shape index (κ3) is 5.61. The number of ether oxygens (including phenoxy) is 1. The Kier molecular flexibility index (Phi) is 7.41. The van der Waals surface area contributed by atoms with Crippen molar-refractivity contribution in [1.82, 2.24) is 19.7 Å². The maximum absolute atomic E-state index is 12.7. The molecule has 0 fully saturated rings. The second-order valence-corrected chi connectivity index (χ2v) is 9.21. The molecule has 37 heavy (non-hydrogen) atoms. The topological polar surface area (TPSA) is 96.9 Å². The van der Waals surface area contributed by atoms with E-state index in [1.165, 1.54) is 0 Å². The van der Waals surface area contributed by atoms with E-state index in [1.807, 2.05) is 53.1 Å². The number of hydrogen-bond donors (Lipinski definition) is 3. The van der Waals surface area contributed by atoms with Gasteiger partial charge in [0, 0.05) is 52.1 Å². The molecular formula is C27H24Cl2N6O2. The summed E-state index contributed by atoms with van der Waals surface area (Å²) in [7, 11) is 1.65. The van der Waals surface area contributed by atoms with Crippen LogP contribution in [0.2, 0.25) is 10.0 Å². The second kappa shape index (κ2) is 11.0. The van der Waals surface area contributed by atoms with Crippen molar-refractivity contribution in [2.24, 2.45) is 0 Å². The lowest BCUT2D eigenvalue weighted by Gasteiger charge is -2.09. The van der Waals surface area contributed by atoms with Crippen LogP contribution in [-0.4, -0.2) is 45.9 Å². The summed E-state index contributed by atoms with van der Waals surface area (Å²) >= 11 is 12.7. The van der Waals surface area contributed by atoms with Gasteiger partial charge in [0.1, 0.15) is 0 Å². The van der Waals surface area contributed by atoms with Gasteiger partial charge in [0.15, 0.2) is 5.82 Å². The van der Waals surface area contributed by atoms with Crippen molar-refractivity contribution in [1.29, 1.82) is 0 Å². The smallest absolute Gasteiger partial charge is 0.256 e. The quantitative estimate of drug-likeness (QED) is 0.199. The number of benzene rings is 3. The van der Waals surface area contributed by atoms with Crippen LogP contribution in [0.1, 0.15) is 15.9 Å². The molecule has 0 radical (unpaired) electrons. The number of halogens is 2. The summed E-state index contributed by atoms with van der Waals surface area (Å²) in [5, 5.41) is 14.5. The zero-order valence-corrected chi connectivity index (χ0v) is 21.5. The average molecular weight is 535 g/mol. The minimum absolute atomic E-state index is 0.244. The van der Waals surface area contributed by atoms with Crippen LogP contribution in [0.4, 0.5) is 11.5 Å². The first-order valence-electron chi connectivity index (χ1n) is 11.6. The molecule has 5 aromatic rings. The highest BCUT2D eigenvalue weighted by Crippen LogP contribution is 2.28. The molecule has 2 aromatic heterocycles. The summed E-state index contributed by atoms with van der Waals surface area (Å²) in [6, 6.07) is 20.4. The molecule has 3 N–H and O–H groups in total. The van der Waals surface area contributed by atoms with Crippen LogP contribution in [0.3, 0.4) is 0 Å². The molecule has 2 heterocycles. The molecule has 1 amide bonds. The molecule has 8 nitrogen and oxygen atoms in total. The Morgan fingerprint density at radius 3 is 2.59 bits per heavy atom. The Hall–Kier alpha value is -3.85. The number of hydrogen-bond acceptors (Lipinski definition) is 5.